The van der Waals surface area contributed by atoms with Gasteiger partial charge in [-0.15, -0.1) is 0 Å². The van der Waals surface area contributed by atoms with Crippen LogP contribution in [0, 0.1) is 14.9 Å². The van der Waals surface area contributed by atoms with E-state index in [1.165, 1.54) is 7.11 Å². The van der Waals surface area contributed by atoms with Gasteiger partial charge in [-0.2, -0.15) is 10.4 Å². The smallest absolute Gasteiger partial charge is 0.275 e. The monoisotopic (exact) mass is 605 g/mol. The topological polar surface area (TPSA) is 92.9 Å². The Bertz CT molecular complexity index is 1510. The number of halogens is 1. The fraction of sp³-hybridized carbons (Fsp3) is 0.138. The van der Waals surface area contributed by atoms with Gasteiger partial charge in [0, 0.05) is 5.56 Å². The van der Waals surface area contributed by atoms with Crippen molar-refractivity contribution in [2.75, 3.05) is 13.7 Å². The molecule has 0 saturated carbocycles. The van der Waals surface area contributed by atoms with Crippen LogP contribution in [0.15, 0.2) is 77.9 Å². The Balaban J connectivity index is 1.52. The van der Waals surface area contributed by atoms with Crippen molar-refractivity contribution >= 4 is 45.5 Å². The highest BCUT2D eigenvalue weighted by Crippen LogP contribution is 2.35. The first-order valence-electron chi connectivity index (χ1n) is 11.5. The summed E-state index contributed by atoms with van der Waals surface area (Å²) < 4.78 is 18.1. The second-order valence-corrected chi connectivity index (χ2v) is 9.08. The summed E-state index contributed by atoms with van der Waals surface area (Å²) in [5.74, 6) is 1.22. The van der Waals surface area contributed by atoms with Crippen LogP contribution in [0.5, 0.6) is 17.2 Å². The Morgan fingerprint density at radius 1 is 1.03 bits per heavy atom. The third kappa shape index (κ3) is 6.19. The van der Waals surface area contributed by atoms with Crippen molar-refractivity contribution in [1.82, 2.24) is 5.43 Å². The Morgan fingerprint density at radius 2 is 1.76 bits per heavy atom. The molecule has 0 aliphatic rings. The summed E-state index contributed by atoms with van der Waals surface area (Å²) in [6.07, 6.45) is 1.55. The molecule has 1 N–H and O–H groups in total. The molecule has 0 radical (unpaired) electrons. The largest absolute Gasteiger partial charge is 0.496 e. The number of carbonyl (C=O) groups excluding carboxylic acids is 1. The highest BCUT2D eigenvalue weighted by atomic mass is 127. The zero-order chi connectivity index (χ0) is 26.2. The number of nitrogens with zero attached hydrogens (tertiary/aromatic N) is 2. The maximum atomic E-state index is 12.8. The molecule has 0 atom stereocenters. The molecule has 0 spiro atoms. The number of hydrogen-bond acceptors (Lipinski definition) is 6. The van der Waals surface area contributed by atoms with Crippen LogP contribution in [0.25, 0.3) is 10.8 Å². The second-order valence-electron chi connectivity index (χ2n) is 7.92. The Morgan fingerprint density at radius 3 is 2.49 bits per heavy atom. The third-order valence-electron chi connectivity index (χ3n) is 5.53. The summed E-state index contributed by atoms with van der Waals surface area (Å²) in [7, 11) is 1.53. The number of fused-ring (bicyclic) bond motifs is 1. The molecule has 4 aromatic carbocycles. The first-order chi connectivity index (χ1) is 18.0. The van der Waals surface area contributed by atoms with Gasteiger partial charge < -0.3 is 14.2 Å². The standard InChI is InChI=1S/C29H24IN3O4/c1-3-36-27-13-19(12-25(30)28(27)37-18-23-11-7-6-10-22(23)16-31)17-32-33-29(34)24-14-20-8-4-5-9-21(20)15-26(24)35-2/h4-15,17H,3,18H2,1-2H3,(H,33,34)/b32-17-. The van der Waals surface area contributed by atoms with Crippen molar-refractivity contribution in [3.63, 3.8) is 0 Å². The van der Waals surface area contributed by atoms with Crippen molar-refractivity contribution in [3.8, 4) is 23.3 Å². The van der Waals surface area contributed by atoms with Crippen LogP contribution < -0.4 is 19.6 Å². The molecule has 0 unspecified atom stereocenters. The Kier molecular flexibility index (Phi) is 8.59. The van der Waals surface area contributed by atoms with Gasteiger partial charge in [-0.25, -0.2) is 5.43 Å². The third-order valence-corrected chi connectivity index (χ3v) is 6.33. The van der Waals surface area contributed by atoms with Crippen LogP contribution in [0.1, 0.15) is 34.0 Å². The van der Waals surface area contributed by atoms with Gasteiger partial charge in [0.2, 0.25) is 0 Å². The van der Waals surface area contributed by atoms with Crippen LogP contribution in [-0.4, -0.2) is 25.8 Å². The molecule has 7 nitrogen and oxygen atoms in total. The van der Waals surface area contributed by atoms with Crippen molar-refractivity contribution < 1.29 is 19.0 Å². The number of benzene rings is 4. The molecule has 0 bridgehead atoms. The van der Waals surface area contributed by atoms with E-state index < -0.39 is 0 Å². The summed E-state index contributed by atoms with van der Waals surface area (Å²) in [6.45, 7) is 2.57. The summed E-state index contributed by atoms with van der Waals surface area (Å²) in [4.78, 5) is 12.8. The van der Waals surface area contributed by atoms with Gasteiger partial charge in [-0.3, -0.25) is 4.79 Å². The van der Waals surface area contributed by atoms with Crippen LogP contribution in [-0.2, 0) is 6.61 Å². The van der Waals surface area contributed by atoms with Gasteiger partial charge in [0.15, 0.2) is 11.5 Å². The van der Waals surface area contributed by atoms with Gasteiger partial charge in [0.05, 0.1) is 40.7 Å². The zero-order valence-corrected chi connectivity index (χ0v) is 22.5. The van der Waals surface area contributed by atoms with Gasteiger partial charge in [0.25, 0.3) is 5.91 Å². The lowest BCUT2D eigenvalue weighted by Crippen LogP contribution is -2.18. The lowest BCUT2D eigenvalue weighted by atomic mass is 10.1. The van der Waals surface area contributed by atoms with Crippen LogP contribution in [0.4, 0.5) is 0 Å². The molecule has 0 aromatic heterocycles. The van der Waals surface area contributed by atoms with Crippen molar-refractivity contribution in [1.29, 1.82) is 5.26 Å². The van der Waals surface area contributed by atoms with E-state index in [1.54, 1.807) is 24.4 Å². The molecule has 8 heteroatoms. The SMILES string of the molecule is CCOc1cc(/C=N\NC(=O)c2cc3ccccc3cc2OC)cc(I)c1OCc1ccccc1C#N. The summed E-state index contributed by atoms with van der Waals surface area (Å²) in [5.41, 5.74) is 5.06. The maximum absolute atomic E-state index is 12.8. The van der Waals surface area contributed by atoms with Crippen LogP contribution in [0.2, 0.25) is 0 Å². The lowest BCUT2D eigenvalue weighted by Gasteiger charge is -2.15. The van der Waals surface area contributed by atoms with Gasteiger partial charge >= 0.3 is 0 Å². The van der Waals surface area contributed by atoms with Crippen LogP contribution in [0.3, 0.4) is 0 Å². The number of ether oxygens (including phenoxy) is 3. The molecular weight excluding hydrogens is 581 g/mol. The fourth-order valence-corrected chi connectivity index (χ4v) is 4.54. The molecule has 0 fully saturated rings. The second kappa shape index (κ2) is 12.2. The summed E-state index contributed by atoms with van der Waals surface area (Å²) >= 11 is 2.17. The maximum Gasteiger partial charge on any atom is 0.275 e. The fourth-order valence-electron chi connectivity index (χ4n) is 3.76. The Labute approximate surface area is 228 Å². The minimum Gasteiger partial charge on any atom is -0.496 e. The van der Waals surface area contributed by atoms with E-state index in [2.05, 4.69) is 39.2 Å². The molecule has 186 valence electrons. The molecule has 4 rings (SSSR count). The highest BCUT2D eigenvalue weighted by Gasteiger charge is 2.15. The number of methoxy groups -OCH3 is 1. The van der Waals surface area contributed by atoms with Crippen LogP contribution >= 0.6 is 22.6 Å². The zero-order valence-electron chi connectivity index (χ0n) is 20.3. The van der Waals surface area contributed by atoms with E-state index in [1.807, 2.05) is 61.5 Å². The number of carbonyl (C=O) groups is 1. The van der Waals surface area contributed by atoms with Crippen molar-refractivity contribution in [2.45, 2.75) is 13.5 Å². The normalized spacial score (nSPS) is 10.8. The summed E-state index contributed by atoms with van der Waals surface area (Å²) in [5, 5.41) is 15.4. The number of hydrogen-bond donors (Lipinski definition) is 1. The number of nitrogens with one attached hydrogen (secondary N) is 1. The lowest BCUT2D eigenvalue weighted by molar-refractivity contribution is 0.0952. The first-order valence-corrected chi connectivity index (χ1v) is 12.6. The molecule has 0 aliphatic heterocycles. The minimum atomic E-state index is -0.380. The van der Waals surface area contributed by atoms with Crippen molar-refractivity contribution in [3.05, 3.63) is 98.6 Å². The predicted molar refractivity (Wildman–Crippen MR) is 151 cm³/mol. The number of rotatable bonds is 9. The van der Waals surface area contributed by atoms with E-state index in [0.717, 1.165) is 25.5 Å². The number of amides is 1. The molecule has 0 aliphatic carbocycles. The van der Waals surface area contributed by atoms with E-state index in [-0.39, 0.29) is 12.5 Å². The molecule has 0 saturated heterocycles. The quantitative estimate of drug-likeness (QED) is 0.142. The van der Waals surface area contributed by atoms with Crippen molar-refractivity contribution in [2.24, 2.45) is 5.10 Å². The molecule has 0 heterocycles. The molecule has 1 amide bonds. The van der Waals surface area contributed by atoms with E-state index >= 15 is 0 Å². The average Bonchev–Trinajstić information content (AvgIpc) is 2.92. The predicted octanol–water partition coefficient (Wildman–Crippen LogP) is 6.07. The molecule has 37 heavy (non-hydrogen) atoms. The average molecular weight is 605 g/mol. The minimum absolute atomic E-state index is 0.233. The Hall–Kier alpha value is -4.10. The van der Waals surface area contributed by atoms with Gasteiger partial charge in [-0.1, -0.05) is 42.5 Å². The number of hydrazone groups is 1. The summed E-state index contributed by atoms with van der Waals surface area (Å²) in [6, 6.07) is 24.5. The highest BCUT2D eigenvalue weighted by molar-refractivity contribution is 14.1. The van der Waals surface area contributed by atoms with Gasteiger partial charge in [0.1, 0.15) is 12.4 Å². The van der Waals surface area contributed by atoms with Gasteiger partial charge in [-0.05, 0) is 76.2 Å². The van der Waals surface area contributed by atoms with E-state index in [9.17, 15) is 10.1 Å². The molecular formula is C29H24IN3O4. The van der Waals surface area contributed by atoms with E-state index in [4.69, 9.17) is 14.2 Å². The number of nitriles is 1. The van der Waals surface area contributed by atoms with E-state index in [0.29, 0.717) is 35.0 Å². The molecule has 4 aromatic rings. The first kappa shape index (κ1) is 26.0.